The Labute approximate surface area is 99.0 Å². The van der Waals surface area contributed by atoms with Crippen LogP contribution in [0.2, 0.25) is 0 Å². The van der Waals surface area contributed by atoms with Crippen molar-refractivity contribution in [3.8, 4) is 5.75 Å². The first-order valence-electron chi connectivity index (χ1n) is 6.22. The van der Waals surface area contributed by atoms with E-state index in [0.717, 1.165) is 31.7 Å². The highest BCUT2D eigenvalue weighted by atomic mass is 16.5. The average Bonchev–Trinajstić information content (AvgIpc) is 2.34. The van der Waals surface area contributed by atoms with Crippen LogP contribution >= 0.6 is 0 Å². The van der Waals surface area contributed by atoms with Gasteiger partial charge >= 0.3 is 0 Å². The van der Waals surface area contributed by atoms with E-state index in [4.69, 9.17) is 4.74 Å². The lowest BCUT2D eigenvalue weighted by atomic mass is 10.2. The molecule has 1 rings (SSSR count). The Morgan fingerprint density at radius 3 is 2.69 bits per heavy atom. The summed E-state index contributed by atoms with van der Waals surface area (Å²) in [5.41, 5.74) is 1.25. The minimum absolute atomic E-state index is 0.555. The molecule has 0 bridgehead atoms. The zero-order valence-corrected chi connectivity index (χ0v) is 10.6. The highest BCUT2D eigenvalue weighted by Crippen LogP contribution is 2.18. The Morgan fingerprint density at radius 1 is 1.25 bits per heavy atom. The maximum atomic E-state index is 5.71. The fourth-order valence-corrected chi connectivity index (χ4v) is 1.43. The molecule has 0 unspecified atom stereocenters. The number of para-hydroxylation sites is 1. The Bertz CT molecular complexity index is 299. The number of benzene rings is 1. The number of nitrogens with one attached hydrogen (secondary N) is 1. The van der Waals surface area contributed by atoms with Crippen molar-refractivity contribution >= 4 is 0 Å². The van der Waals surface area contributed by atoms with E-state index in [0.29, 0.717) is 6.04 Å². The molecular formula is C14H23NO. The van der Waals surface area contributed by atoms with Crippen LogP contribution in [0.5, 0.6) is 5.75 Å². The van der Waals surface area contributed by atoms with Gasteiger partial charge in [0.15, 0.2) is 0 Å². The molecule has 2 heteroatoms. The van der Waals surface area contributed by atoms with Crippen molar-refractivity contribution in [1.82, 2.24) is 5.32 Å². The zero-order chi connectivity index (χ0) is 11.8. The molecule has 1 aromatic rings. The third-order valence-corrected chi connectivity index (χ3v) is 2.69. The maximum Gasteiger partial charge on any atom is 0.123 e. The first kappa shape index (κ1) is 13.0. The van der Waals surface area contributed by atoms with Gasteiger partial charge in [-0.3, -0.25) is 0 Å². The fraction of sp³-hybridized carbons (Fsp3) is 0.571. The summed E-state index contributed by atoms with van der Waals surface area (Å²) in [4.78, 5) is 0. The largest absolute Gasteiger partial charge is 0.493 e. The van der Waals surface area contributed by atoms with Crippen LogP contribution in [0.3, 0.4) is 0 Å². The molecule has 1 N–H and O–H groups in total. The van der Waals surface area contributed by atoms with Crippen molar-refractivity contribution in [1.29, 1.82) is 0 Å². The van der Waals surface area contributed by atoms with Crippen LogP contribution in [-0.2, 0) is 6.54 Å². The molecule has 0 spiro atoms. The SMILES string of the molecule is CCCOc1ccccc1CN[C@H](C)CC. The van der Waals surface area contributed by atoms with Crippen molar-refractivity contribution in [3.05, 3.63) is 29.8 Å². The third-order valence-electron chi connectivity index (χ3n) is 2.69. The smallest absolute Gasteiger partial charge is 0.123 e. The van der Waals surface area contributed by atoms with Gasteiger partial charge in [0.2, 0.25) is 0 Å². The van der Waals surface area contributed by atoms with Gasteiger partial charge in [-0.1, -0.05) is 32.0 Å². The molecule has 90 valence electrons. The van der Waals surface area contributed by atoms with Gasteiger partial charge in [-0.15, -0.1) is 0 Å². The summed E-state index contributed by atoms with van der Waals surface area (Å²) in [5.74, 6) is 1.01. The molecule has 0 saturated heterocycles. The van der Waals surface area contributed by atoms with Crippen LogP contribution < -0.4 is 10.1 Å². The fourth-order valence-electron chi connectivity index (χ4n) is 1.43. The summed E-state index contributed by atoms with van der Waals surface area (Å²) in [7, 11) is 0. The van der Waals surface area contributed by atoms with Crippen LogP contribution in [0.25, 0.3) is 0 Å². The van der Waals surface area contributed by atoms with Gasteiger partial charge in [0, 0.05) is 18.2 Å². The van der Waals surface area contributed by atoms with E-state index < -0.39 is 0 Å². The molecule has 0 aliphatic carbocycles. The Kier molecular flexibility index (Phi) is 5.94. The number of hydrogen-bond donors (Lipinski definition) is 1. The average molecular weight is 221 g/mol. The molecule has 0 radical (unpaired) electrons. The van der Waals surface area contributed by atoms with Crippen molar-refractivity contribution in [2.24, 2.45) is 0 Å². The lowest BCUT2D eigenvalue weighted by molar-refractivity contribution is 0.312. The number of ether oxygens (including phenoxy) is 1. The van der Waals surface area contributed by atoms with Gasteiger partial charge in [0.25, 0.3) is 0 Å². The topological polar surface area (TPSA) is 21.3 Å². The maximum absolute atomic E-state index is 5.71. The molecule has 0 heterocycles. The molecule has 1 aromatic carbocycles. The van der Waals surface area contributed by atoms with Crippen molar-refractivity contribution in [2.75, 3.05) is 6.61 Å². The highest BCUT2D eigenvalue weighted by Gasteiger charge is 2.03. The van der Waals surface area contributed by atoms with Gasteiger partial charge in [0.05, 0.1) is 6.61 Å². The van der Waals surface area contributed by atoms with Crippen LogP contribution in [0.15, 0.2) is 24.3 Å². The molecule has 0 aliphatic heterocycles. The summed E-state index contributed by atoms with van der Waals surface area (Å²) in [6.07, 6.45) is 2.20. The molecular weight excluding hydrogens is 198 g/mol. The Morgan fingerprint density at radius 2 is 2.00 bits per heavy atom. The summed E-state index contributed by atoms with van der Waals surface area (Å²) in [6.45, 7) is 8.20. The van der Waals surface area contributed by atoms with E-state index in [1.165, 1.54) is 5.56 Å². The second-order valence-corrected chi connectivity index (χ2v) is 4.15. The van der Waals surface area contributed by atoms with Gasteiger partial charge in [-0.2, -0.15) is 0 Å². The standard InChI is InChI=1S/C14H23NO/c1-4-10-16-14-9-7-6-8-13(14)11-15-12(3)5-2/h6-9,12,15H,4-5,10-11H2,1-3H3/t12-/m1/s1. The molecule has 0 aliphatic rings. The highest BCUT2D eigenvalue weighted by molar-refractivity contribution is 5.33. The van der Waals surface area contributed by atoms with Gasteiger partial charge in [-0.05, 0) is 25.8 Å². The first-order chi connectivity index (χ1) is 7.77. The quantitative estimate of drug-likeness (QED) is 0.762. The predicted molar refractivity (Wildman–Crippen MR) is 68.8 cm³/mol. The lowest BCUT2D eigenvalue weighted by Gasteiger charge is -2.14. The summed E-state index contributed by atoms with van der Waals surface area (Å²) < 4.78 is 5.71. The Balaban J connectivity index is 2.56. The second-order valence-electron chi connectivity index (χ2n) is 4.15. The lowest BCUT2D eigenvalue weighted by Crippen LogP contribution is -2.24. The number of rotatable bonds is 7. The normalized spacial score (nSPS) is 12.4. The van der Waals surface area contributed by atoms with E-state index in [1.807, 2.05) is 12.1 Å². The summed E-state index contributed by atoms with van der Waals surface area (Å²) in [6, 6.07) is 8.81. The van der Waals surface area contributed by atoms with Crippen LogP contribution in [0.1, 0.15) is 39.2 Å². The van der Waals surface area contributed by atoms with Crippen molar-refractivity contribution in [3.63, 3.8) is 0 Å². The summed E-state index contributed by atoms with van der Waals surface area (Å²) >= 11 is 0. The molecule has 1 atom stereocenters. The van der Waals surface area contributed by atoms with Crippen molar-refractivity contribution in [2.45, 2.75) is 46.2 Å². The second kappa shape index (κ2) is 7.29. The molecule has 2 nitrogen and oxygen atoms in total. The van der Waals surface area contributed by atoms with Gasteiger partial charge in [0.1, 0.15) is 5.75 Å². The minimum atomic E-state index is 0.555. The zero-order valence-electron chi connectivity index (χ0n) is 10.6. The van der Waals surface area contributed by atoms with Gasteiger partial charge in [-0.25, -0.2) is 0 Å². The van der Waals surface area contributed by atoms with E-state index in [-0.39, 0.29) is 0 Å². The van der Waals surface area contributed by atoms with Gasteiger partial charge < -0.3 is 10.1 Å². The van der Waals surface area contributed by atoms with Crippen LogP contribution in [0, 0.1) is 0 Å². The molecule has 16 heavy (non-hydrogen) atoms. The molecule has 0 fully saturated rings. The van der Waals surface area contributed by atoms with E-state index in [2.05, 4.69) is 38.2 Å². The molecule has 0 amide bonds. The first-order valence-corrected chi connectivity index (χ1v) is 6.22. The van der Waals surface area contributed by atoms with Crippen LogP contribution in [-0.4, -0.2) is 12.6 Å². The van der Waals surface area contributed by atoms with E-state index >= 15 is 0 Å². The van der Waals surface area contributed by atoms with E-state index in [1.54, 1.807) is 0 Å². The van der Waals surface area contributed by atoms with E-state index in [9.17, 15) is 0 Å². The monoisotopic (exact) mass is 221 g/mol. The predicted octanol–water partition coefficient (Wildman–Crippen LogP) is 3.36. The van der Waals surface area contributed by atoms with Crippen molar-refractivity contribution < 1.29 is 4.74 Å². The van der Waals surface area contributed by atoms with Crippen LogP contribution in [0.4, 0.5) is 0 Å². The number of hydrogen-bond acceptors (Lipinski definition) is 2. The minimum Gasteiger partial charge on any atom is -0.493 e. The molecule has 0 aromatic heterocycles. The summed E-state index contributed by atoms with van der Waals surface area (Å²) in [5, 5.41) is 3.49. The Hall–Kier alpha value is -1.02. The third kappa shape index (κ3) is 4.23. The molecule has 0 saturated carbocycles.